The molecule has 0 aliphatic heterocycles. The van der Waals surface area contributed by atoms with Crippen LogP contribution >= 0.6 is 28.3 Å². The highest BCUT2D eigenvalue weighted by Crippen LogP contribution is 2.17. The molecule has 0 heterocycles. The molecule has 0 spiro atoms. The van der Waals surface area contributed by atoms with Gasteiger partial charge in [0.25, 0.3) is 0 Å². The zero-order chi connectivity index (χ0) is 11.4. The summed E-state index contributed by atoms with van der Waals surface area (Å²) in [6.45, 7) is 3.17. The standard InChI is InChI=1S/C11H16BrFN2.ClH/c1-8(6-14)15(2)7-9-5-10(12)3-4-11(9)13;/h3-5,8H,6-7,14H2,1-2H3;1H. The fourth-order valence-electron chi connectivity index (χ4n) is 1.27. The maximum Gasteiger partial charge on any atom is 0.127 e. The van der Waals surface area contributed by atoms with E-state index in [-0.39, 0.29) is 24.3 Å². The summed E-state index contributed by atoms with van der Waals surface area (Å²) in [6.07, 6.45) is 0. The van der Waals surface area contributed by atoms with Gasteiger partial charge in [0.15, 0.2) is 0 Å². The van der Waals surface area contributed by atoms with E-state index in [0.29, 0.717) is 18.7 Å². The molecular formula is C11H17BrClFN2. The molecule has 0 bridgehead atoms. The molecule has 2 nitrogen and oxygen atoms in total. The van der Waals surface area contributed by atoms with Crippen molar-refractivity contribution < 1.29 is 4.39 Å². The summed E-state index contributed by atoms with van der Waals surface area (Å²) in [7, 11) is 1.94. The van der Waals surface area contributed by atoms with E-state index in [0.717, 1.165) is 4.47 Å². The second-order valence-electron chi connectivity index (χ2n) is 3.74. The lowest BCUT2D eigenvalue weighted by atomic mass is 10.2. The number of hydrogen-bond donors (Lipinski definition) is 1. The first-order valence-corrected chi connectivity index (χ1v) is 5.68. The Bertz CT molecular complexity index is 336. The van der Waals surface area contributed by atoms with Crippen LogP contribution in [0.3, 0.4) is 0 Å². The molecule has 0 saturated heterocycles. The van der Waals surface area contributed by atoms with Gasteiger partial charge in [-0.3, -0.25) is 4.90 Å². The van der Waals surface area contributed by atoms with E-state index in [9.17, 15) is 4.39 Å². The first kappa shape index (κ1) is 15.8. The number of nitrogens with two attached hydrogens (primary N) is 1. The molecule has 0 amide bonds. The van der Waals surface area contributed by atoms with Gasteiger partial charge in [-0.25, -0.2) is 4.39 Å². The molecular weight excluding hydrogens is 294 g/mol. The second kappa shape index (κ2) is 7.22. The van der Waals surface area contributed by atoms with Crippen LogP contribution in [0.1, 0.15) is 12.5 Å². The molecule has 0 saturated carbocycles. The van der Waals surface area contributed by atoms with Crippen molar-refractivity contribution in [3.05, 3.63) is 34.1 Å². The maximum atomic E-state index is 13.4. The molecule has 1 rings (SSSR count). The number of rotatable bonds is 4. The maximum absolute atomic E-state index is 13.4. The summed E-state index contributed by atoms with van der Waals surface area (Å²) in [5.74, 6) is -0.172. The fourth-order valence-corrected chi connectivity index (χ4v) is 1.68. The lowest BCUT2D eigenvalue weighted by Gasteiger charge is -2.23. The summed E-state index contributed by atoms with van der Waals surface area (Å²) in [6, 6.07) is 5.23. The lowest BCUT2D eigenvalue weighted by Crippen LogP contribution is -2.34. The van der Waals surface area contributed by atoms with Crippen molar-refractivity contribution in [3.8, 4) is 0 Å². The van der Waals surface area contributed by atoms with E-state index in [1.54, 1.807) is 12.1 Å². The quantitative estimate of drug-likeness (QED) is 0.926. The molecule has 5 heteroatoms. The molecule has 0 fully saturated rings. The Morgan fingerprint density at radius 2 is 2.12 bits per heavy atom. The highest BCUT2D eigenvalue weighted by atomic mass is 79.9. The number of nitrogens with zero attached hydrogens (tertiary/aromatic N) is 1. The molecule has 16 heavy (non-hydrogen) atoms. The van der Waals surface area contributed by atoms with Crippen molar-refractivity contribution >= 4 is 28.3 Å². The first-order valence-electron chi connectivity index (χ1n) is 4.89. The Morgan fingerprint density at radius 1 is 1.50 bits per heavy atom. The molecule has 92 valence electrons. The zero-order valence-corrected chi connectivity index (χ0v) is 11.8. The van der Waals surface area contributed by atoms with Gasteiger partial charge in [-0.2, -0.15) is 0 Å². The topological polar surface area (TPSA) is 29.3 Å². The van der Waals surface area contributed by atoms with Crippen molar-refractivity contribution in [2.24, 2.45) is 5.73 Å². The Labute approximate surface area is 111 Å². The van der Waals surface area contributed by atoms with E-state index in [2.05, 4.69) is 15.9 Å². The molecule has 1 atom stereocenters. The summed E-state index contributed by atoms with van der Waals surface area (Å²) in [4.78, 5) is 2.03. The normalized spacial score (nSPS) is 12.4. The van der Waals surface area contributed by atoms with Crippen molar-refractivity contribution in [1.82, 2.24) is 4.90 Å². The van der Waals surface area contributed by atoms with Crippen molar-refractivity contribution in [2.45, 2.75) is 19.5 Å². The Balaban J connectivity index is 0.00000225. The number of benzene rings is 1. The van der Waals surface area contributed by atoms with E-state index >= 15 is 0 Å². The van der Waals surface area contributed by atoms with Gasteiger partial charge in [0.05, 0.1) is 0 Å². The van der Waals surface area contributed by atoms with Crippen molar-refractivity contribution in [2.75, 3.05) is 13.6 Å². The predicted molar refractivity (Wildman–Crippen MR) is 71.3 cm³/mol. The summed E-state index contributed by atoms with van der Waals surface area (Å²) in [5, 5.41) is 0. The van der Waals surface area contributed by atoms with Crippen LogP contribution in [0.5, 0.6) is 0 Å². The van der Waals surface area contributed by atoms with Gasteiger partial charge >= 0.3 is 0 Å². The Kier molecular flexibility index (Phi) is 7.15. The predicted octanol–water partition coefficient (Wildman–Crippen LogP) is 2.79. The monoisotopic (exact) mass is 310 g/mol. The van der Waals surface area contributed by atoms with E-state index < -0.39 is 0 Å². The molecule has 1 aromatic rings. The highest BCUT2D eigenvalue weighted by Gasteiger charge is 2.10. The van der Waals surface area contributed by atoms with Gasteiger partial charge in [0.1, 0.15) is 5.82 Å². The molecule has 2 N–H and O–H groups in total. The largest absolute Gasteiger partial charge is 0.329 e. The third-order valence-corrected chi connectivity index (χ3v) is 3.01. The van der Waals surface area contributed by atoms with Gasteiger partial charge in [0, 0.05) is 29.2 Å². The van der Waals surface area contributed by atoms with E-state index in [1.807, 2.05) is 18.9 Å². The van der Waals surface area contributed by atoms with Gasteiger partial charge in [-0.05, 0) is 32.2 Å². The van der Waals surface area contributed by atoms with Crippen molar-refractivity contribution in [3.63, 3.8) is 0 Å². The van der Waals surface area contributed by atoms with E-state index in [4.69, 9.17) is 5.73 Å². The first-order chi connectivity index (χ1) is 7.04. The summed E-state index contributed by atoms with van der Waals surface area (Å²) >= 11 is 3.33. The fraction of sp³-hybridized carbons (Fsp3) is 0.455. The zero-order valence-electron chi connectivity index (χ0n) is 9.41. The average Bonchev–Trinajstić information content (AvgIpc) is 2.22. The van der Waals surface area contributed by atoms with Crippen LogP contribution in [0, 0.1) is 5.82 Å². The number of likely N-dealkylation sites (N-methyl/N-ethyl adjacent to an activating group) is 1. The molecule has 0 aliphatic carbocycles. The van der Waals surface area contributed by atoms with Crippen LogP contribution in [-0.2, 0) is 6.54 Å². The van der Waals surface area contributed by atoms with Crippen LogP contribution in [0.4, 0.5) is 4.39 Å². The molecule has 0 aromatic heterocycles. The number of hydrogen-bond acceptors (Lipinski definition) is 2. The van der Waals surface area contributed by atoms with Gasteiger partial charge < -0.3 is 5.73 Å². The lowest BCUT2D eigenvalue weighted by molar-refractivity contribution is 0.251. The molecule has 1 aromatic carbocycles. The summed E-state index contributed by atoms with van der Waals surface area (Å²) < 4.78 is 14.3. The molecule has 0 aliphatic rings. The molecule has 0 radical (unpaired) electrons. The summed E-state index contributed by atoms with van der Waals surface area (Å²) in [5.41, 5.74) is 6.24. The third-order valence-electron chi connectivity index (χ3n) is 2.52. The second-order valence-corrected chi connectivity index (χ2v) is 4.65. The van der Waals surface area contributed by atoms with Crippen LogP contribution < -0.4 is 5.73 Å². The smallest absolute Gasteiger partial charge is 0.127 e. The number of halogens is 3. The van der Waals surface area contributed by atoms with Crippen LogP contribution in [-0.4, -0.2) is 24.5 Å². The van der Waals surface area contributed by atoms with Crippen LogP contribution in [0.25, 0.3) is 0 Å². The van der Waals surface area contributed by atoms with E-state index in [1.165, 1.54) is 6.07 Å². The van der Waals surface area contributed by atoms with Crippen LogP contribution in [0.2, 0.25) is 0 Å². The van der Waals surface area contributed by atoms with Gasteiger partial charge in [-0.15, -0.1) is 12.4 Å². The van der Waals surface area contributed by atoms with Crippen LogP contribution in [0.15, 0.2) is 22.7 Å². The van der Waals surface area contributed by atoms with Crippen molar-refractivity contribution in [1.29, 1.82) is 0 Å². The minimum Gasteiger partial charge on any atom is -0.329 e. The minimum atomic E-state index is -0.172. The minimum absolute atomic E-state index is 0. The Morgan fingerprint density at radius 3 is 2.69 bits per heavy atom. The Hall–Kier alpha value is -0.160. The van der Waals surface area contributed by atoms with Gasteiger partial charge in [0.2, 0.25) is 0 Å². The average molecular weight is 312 g/mol. The third kappa shape index (κ3) is 4.37. The van der Waals surface area contributed by atoms with Gasteiger partial charge in [-0.1, -0.05) is 15.9 Å². The molecule has 1 unspecified atom stereocenters. The highest BCUT2D eigenvalue weighted by molar-refractivity contribution is 9.10. The SMILES string of the molecule is CC(CN)N(C)Cc1cc(Br)ccc1F.Cl.